The maximum atomic E-state index is 12.3. The number of hydrogen-bond acceptors (Lipinski definition) is 5. The number of aliphatic carboxylic acids is 1. The molecule has 1 aromatic heterocycles. The van der Waals surface area contributed by atoms with Gasteiger partial charge in [0.1, 0.15) is 0 Å². The largest absolute Gasteiger partial charge is 0.481 e. The van der Waals surface area contributed by atoms with Crippen LogP contribution < -0.4 is 5.32 Å². The Balaban J connectivity index is 2.60. The molecule has 108 valence electrons. The number of anilines is 1. The Labute approximate surface area is 111 Å². The van der Waals surface area contributed by atoms with Gasteiger partial charge in [-0.1, -0.05) is 25.2 Å². The second kappa shape index (κ2) is 6.18. The maximum absolute atomic E-state index is 12.3. The first-order valence-corrected chi connectivity index (χ1v) is 6.39. The SMILES string of the molecule is CC(C)CC(CNc1nnc(C(F)(F)F)s1)C(=O)O. The van der Waals surface area contributed by atoms with Crippen molar-refractivity contribution in [2.24, 2.45) is 11.8 Å². The van der Waals surface area contributed by atoms with E-state index in [0.29, 0.717) is 17.8 Å². The Morgan fingerprint density at radius 2 is 2.05 bits per heavy atom. The van der Waals surface area contributed by atoms with E-state index in [1.807, 2.05) is 13.8 Å². The van der Waals surface area contributed by atoms with Crippen LogP contribution in [0.15, 0.2) is 0 Å². The van der Waals surface area contributed by atoms with E-state index in [2.05, 4.69) is 15.5 Å². The van der Waals surface area contributed by atoms with E-state index in [-0.39, 0.29) is 17.6 Å². The summed E-state index contributed by atoms with van der Waals surface area (Å²) in [6.45, 7) is 3.78. The van der Waals surface area contributed by atoms with Crippen molar-refractivity contribution < 1.29 is 23.1 Å². The molecule has 5 nitrogen and oxygen atoms in total. The molecule has 0 aromatic carbocycles. The van der Waals surface area contributed by atoms with Crippen molar-refractivity contribution in [3.05, 3.63) is 5.01 Å². The molecule has 0 aliphatic heterocycles. The lowest BCUT2D eigenvalue weighted by Gasteiger charge is -2.14. The summed E-state index contributed by atoms with van der Waals surface area (Å²) in [6, 6.07) is 0. The molecule has 0 amide bonds. The Morgan fingerprint density at radius 3 is 2.47 bits per heavy atom. The van der Waals surface area contributed by atoms with E-state index in [4.69, 9.17) is 5.11 Å². The van der Waals surface area contributed by atoms with Crippen molar-refractivity contribution in [1.29, 1.82) is 0 Å². The highest BCUT2D eigenvalue weighted by molar-refractivity contribution is 7.15. The number of carboxylic acids is 1. The first-order valence-electron chi connectivity index (χ1n) is 5.57. The number of carbonyl (C=O) groups is 1. The third kappa shape index (κ3) is 5.01. The smallest absolute Gasteiger partial charge is 0.445 e. The first kappa shape index (κ1) is 15.7. The number of alkyl halides is 3. The van der Waals surface area contributed by atoms with Crippen LogP contribution in [0.1, 0.15) is 25.3 Å². The quantitative estimate of drug-likeness (QED) is 0.844. The summed E-state index contributed by atoms with van der Waals surface area (Å²) >= 11 is 0.361. The fraction of sp³-hybridized carbons (Fsp3) is 0.700. The lowest BCUT2D eigenvalue weighted by Crippen LogP contribution is -2.24. The van der Waals surface area contributed by atoms with Gasteiger partial charge in [0.25, 0.3) is 0 Å². The standard InChI is InChI=1S/C10H14F3N3O2S/c1-5(2)3-6(7(17)18)4-14-9-16-15-8(19-9)10(11,12)13/h5-6H,3-4H2,1-2H3,(H,14,16)(H,17,18). The number of rotatable bonds is 6. The van der Waals surface area contributed by atoms with Crippen LogP contribution in [0.2, 0.25) is 0 Å². The van der Waals surface area contributed by atoms with Gasteiger partial charge in [-0.2, -0.15) is 13.2 Å². The summed E-state index contributed by atoms with van der Waals surface area (Å²) in [4.78, 5) is 11.0. The van der Waals surface area contributed by atoms with Crippen LogP contribution in [-0.4, -0.2) is 27.8 Å². The minimum atomic E-state index is -4.53. The van der Waals surface area contributed by atoms with Gasteiger partial charge in [-0.3, -0.25) is 4.79 Å². The van der Waals surface area contributed by atoms with Crippen molar-refractivity contribution in [1.82, 2.24) is 10.2 Å². The molecule has 1 unspecified atom stereocenters. The summed E-state index contributed by atoms with van der Waals surface area (Å²) in [5.74, 6) is -1.47. The van der Waals surface area contributed by atoms with E-state index in [9.17, 15) is 18.0 Å². The van der Waals surface area contributed by atoms with Gasteiger partial charge >= 0.3 is 12.1 Å². The lowest BCUT2D eigenvalue weighted by molar-refractivity contribution is -0.141. The zero-order valence-corrected chi connectivity index (χ0v) is 11.2. The van der Waals surface area contributed by atoms with Crippen molar-refractivity contribution >= 4 is 22.4 Å². The molecule has 0 spiro atoms. The fourth-order valence-corrected chi connectivity index (χ4v) is 2.08. The molecular formula is C10H14F3N3O2S. The number of nitrogens with one attached hydrogen (secondary N) is 1. The molecule has 0 saturated heterocycles. The normalized spacial score (nSPS) is 13.6. The molecule has 2 N–H and O–H groups in total. The molecule has 9 heteroatoms. The minimum Gasteiger partial charge on any atom is -0.481 e. The fourth-order valence-electron chi connectivity index (χ4n) is 1.46. The second-order valence-corrected chi connectivity index (χ2v) is 5.43. The summed E-state index contributed by atoms with van der Waals surface area (Å²) < 4.78 is 36.9. The van der Waals surface area contributed by atoms with Gasteiger partial charge in [-0.25, -0.2) is 0 Å². The van der Waals surface area contributed by atoms with Crippen LogP contribution in [0.5, 0.6) is 0 Å². The molecule has 1 atom stereocenters. The second-order valence-electron chi connectivity index (χ2n) is 4.46. The minimum absolute atomic E-state index is 0.0256. The van der Waals surface area contributed by atoms with E-state index in [0.717, 1.165) is 0 Å². The molecule has 19 heavy (non-hydrogen) atoms. The number of hydrogen-bond donors (Lipinski definition) is 2. The van der Waals surface area contributed by atoms with Crippen LogP contribution in [0.4, 0.5) is 18.3 Å². The maximum Gasteiger partial charge on any atom is 0.445 e. The first-order chi connectivity index (χ1) is 8.70. The van der Waals surface area contributed by atoms with Crippen molar-refractivity contribution in [2.45, 2.75) is 26.4 Å². The zero-order chi connectivity index (χ0) is 14.6. The summed E-state index contributed by atoms with van der Waals surface area (Å²) in [5.41, 5.74) is 0. The monoisotopic (exact) mass is 297 g/mol. The zero-order valence-electron chi connectivity index (χ0n) is 10.4. The molecule has 0 aliphatic carbocycles. The average Bonchev–Trinajstić information content (AvgIpc) is 2.71. The summed E-state index contributed by atoms with van der Waals surface area (Å²) in [6.07, 6.45) is -4.09. The molecule has 1 heterocycles. The Kier molecular flexibility index (Phi) is 5.10. The summed E-state index contributed by atoms with van der Waals surface area (Å²) in [7, 11) is 0. The third-order valence-corrected chi connectivity index (χ3v) is 3.20. The van der Waals surface area contributed by atoms with Gasteiger partial charge in [0.05, 0.1) is 5.92 Å². The Morgan fingerprint density at radius 1 is 1.42 bits per heavy atom. The molecule has 1 rings (SSSR count). The number of halogens is 3. The highest BCUT2D eigenvalue weighted by Crippen LogP contribution is 2.33. The van der Waals surface area contributed by atoms with Gasteiger partial charge in [0.15, 0.2) is 0 Å². The molecule has 0 bridgehead atoms. The molecule has 0 aliphatic rings. The van der Waals surface area contributed by atoms with Gasteiger partial charge in [0.2, 0.25) is 10.1 Å². The van der Waals surface area contributed by atoms with E-state index in [1.165, 1.54) is 0 Å². The van der Waals surface area contributed by atoms with Crippen LogP contribution in [0.3, 0.4) is 0 Å². The highest BCUT2D eigenvalue weighted by Gasteiger charge is 2.35. The predicted molar refractivity (Wildman–Crippen MR) is 64.0 cm³/mol. The van der Waals surface area contributed by atoms with Crippen molar-refractivity contribution in [2.75, 3.05) is 11.9 Å². The van der Waals surface area contributed by atoms with Gasteiger partial charge < -0.3 is 10.4 Å². The van der Waals surface area contributed by atoms with E-state index in [1.54, 1.807) is 0 Å². The number of carboxylic acid groups (broad SMARTS) is 1. The van der Waals surface area contributed by atoms with Crippen molar-refractivity contribution in [3.63, 3.8) is 0 Å². The third-order valence-electron chi connectivity index (χ3n) is 2.27. The van der Waals surface area contributed by atoms with Crippen molar-refractivity contribution in [3.8, 4) is 0 Å². The molecule has 0 saturated carbocycles. The molecule has 0 fully saturated rings. The van der Waals surface area contributed by atoms with Crippen LogP contribution in [0, 0.1) is 11.8 Å². The van der Waals surface area contributed by atoms with E-state index < -0.39 is 23.1 Å². The van der Waals surface area contributed by atoms with Crippen LogP contribution >= 0.6 is 11.3 Å². The molecule has 1 aromatic rings. The van der Waals surface area contributed by atoms with E-state index >= 15 is 0 Å². The van der Waals surface area contributed by atoms with Gasteiger partial charge in [-0.15, -0.1) is 10.2 Å². The highest BCUT2D eigenvalue weighted by atomic mass is 32.1. The van der Waals surface area contributed by atoms with Crippen LogP contribution in [0.25, 0.3) is 0 Å². The molecule has 0 radical (unpaired) electrons. The van der Waals surface area contributed by atoms with Gasteiger partial charge in [0, 0.05) is 6.54 Å². The van der Waals surface area contributed by atoms with Gasteiger partial charge in [-0.05, 0) is 12.3 Å². The Bertz CT molecular complexity index is 434. The number of aromatic nitrogens is 2. The lowest BCUT2D eigenvalue weighted by atomic mass is 9.97. The average molecular weight is 297 g/mol. The predicted octanol–water partition coefficient (Wildman–Crippen LogP) is 2.72. The topological polar surface area (TPSA) is 75.1 Å². The summed E-state index contributed by atoms with van der Waals surface area (Å²) in [5, 5.41) is 16.8. The van der Waals surface area contributed by atoms with Crippen LogP contribution in [-0.2, 0) is 11.0 Å². The molecular weight excluding hydrogens is 283 g/mol. The Hall–Kier alpha value is -1.38. The number of nitrogens with zero attached hydrogens (tertiary/aromatic N) is 2.